The summed E-state index contributed by atoms with van der Waals surface area (Å²) in [7, 11) is 0. The van der Waals surface area contributed by atoms with E-state index in [0.717, 1.165) is 38.0 Å². The molecule has 6 nitrogen and oxygen atoms in total. The number of benzene rings is 3. The van der Waals surface area contributed by atoms with Crippen LogP contribution in [-0.2, 0) is 11.3 Å². The maximum Gasteiger partial charge on any atom is 0.251 e. The largest absolute Gasteiger partial charge is 0.397 e. The van der Waals surface area contributed by atoms with Crippen LogP contribution < -0.4 is 16.4 Å². The summed E-state index contributed by atoms with van der Waals surface area (Å²) in [5, 5.41) is 5.85. The minimum absolute atomic E-state index is 0.0894. The Morgan fingerprint density at radius 2 is 1.69 bits per heavy atom. The van der Waals surface area contributed by atoms with Gasteiger partial charge in [0.2, 0.25) is 5.91 Å². The molecule has 2 amide bonds. The topological polar surface area (TPSA) is 87.5 Å². The first-order valence-electron chi connectivity index (χ1n) is 12.0. The number of piperidine rings is 1. The normalized spacial score (nSPS) is 14.6. The summed E-state index contributed by atoms with van der Waals surface area (Å²) in [4.78, 5) is 27.4. The van der Waals surface area contributed by atoms with Crippen LogP contribution in [0.25, 0.3) is 6.08 Å². The van der Waals surface area contributed by atoms with Gasteiger partial charge in [-0.1, -0.05) is 54.6 Å². The molecule has 1 aliphatic heterocycles. The minimum atomic E-state index is -0.281. The van der Waals surface area contributed by atoms with Crippen LogP contribution in [0.1, 0.15) is 34.3 Å². The van der Waals surface area contributed by atoms with E-state index in [2.05, 4.69) is 39.8 Å². The second-order valence-corrected chi connectivity index (χ2v) is 8.95. The zero-order valence-corrected chi connectivity index (χ0v) is 19.8. The lowest BCUT2D eigenvalue weighted by Gasteiger charge is -2.32. The van der Waals surface area contributed by atoms with Gasteiger partial charge in [0, 0.05) is 24.7 Å². The number of likely N-dealkylation sites (tertiary alicyclic amines) is 1. The maximum atomic E-state index is 12.7. The van der Waals surface area contributed by atoms with Crippen molar-refractivity contribution in [2.24, 2.45) is 5.92 Å². The SMILES string of the molecule is Nc1ccccc1NC(=O)C=Cc1cccc(C(=O)NCC2CCN(Cc3ccccc3)CC2)c1. The molecule has 1 saturated heterocycles. The fourth-order valence-electron chi connectivity index (χ4n) is 4.27. The lowest BCUT2D eigenvalue weighted by molar-refractivity contribution is -0.111. The second-order valence-electron chi connectivity index (χ2n) is 8.95. The van der Waals surface area contributed by atoms with Crippen LogP contribution in [0, 0.1) is 5.92 Å². The minimum Gasteiger partial charge on any atom is -0.397 e. The van der Waals surface area contributed by atoms with Gasteiger partial charge >= 0.3 is 0 Å². The number of rotatable bonds is 8. The van der Waals surface area contributed by atoms with Crippen LogP contribution in [-0.4, -0.2) is 36.3 Å². The van der Waals surface area contributed by atoms with Gasteiger partial charge in [-0.25, -0.2) is 0 Å². The third kappa shape index (κ3) is 7.29. The Morgan fingerprint density at radius 3 is 2.46 bits per heavy atom. The summed E-state index contributed by atoms with van der Waals surface area (Å²) >= 11 is 0. The molecule has 1 fully saturated rings. The van der Waals surface area contributed by atoms with Crippen molar-refractivity contribution < 1.29 is 9.59 Å². The van der Waals surface area contributed by atoms with Gasteiger partial charge in [-0.3, -0.25) is 14.5 Å². The van der Waals surface area contributed by atoms with E-state index in [4.69, 9.17) is 5.73 Å². The Morgan fingerprint density at radius 1 is 0.943 bits per heavy atom. The zero-order chi connectivity index (χ0) is 24.5. The fourth-order valence-corrected chi connectivity index (χ4v) is 4.27. The third-order valence-corrected chi connectivity index (χ3v) is 6.30. The van der Waals surface area contributed by atoms with Crippen molar-refractivity contribution >= 4 is 29.3 Å². The molecule has 0 saturated carbocycles. The van der Waals surface area contributed by atoms with E-state index in [0.29, 0.717) is 29.4 Å². The monoisotopic (exact) mass is 468 g/mol. The number of nitrogens with two attached hydrogens (primary N) is 1. The van der Waals surface area contributed by atoms with E-state index in [1.807, 2.05) is 30.3 Å². The quantitative estimate of drug-likeness (QED) is 0.334. The van der Waals surface area contributed by atoms with E-state index in [-0.39, 0.29) is 11.8 Å². The van der Waals surface area contributed by atoms with Crippen LogP contribution in [0.4, 0.5) is 11.4 Å². The van der Waals surface area contributed by atoms with E-state index in [9.17, 15) is 9.59 Å². The van der Waals surface area contributed by atoms with E-state index in [1.54, 1.807) is 30.3 Å². The molecule has 4 N–H and O–H groups in total. The standard InChI is InChI=1S/C29H32N4O2/c30-26-11-4-5-12-27(26)32-28(34)14-13-22-9-6-10-25(19-22)29(35)31-20-23-15-17-33(18-16-23)21-24-7-2-1-3-8-24/h1-14,19,23H,15-18,20-21,30H2,(H,31,35)(H,32,34). The molecule has 3 aromatic rings. The van der Waals surface area contributed by atoms with Crippen LogP contribution in [0.15, 0.2) is 84.9 Å². The van der Waals surface area contributed by atoms with E-state index >= 15 is 0 Å². The van der Waals surface area contributed by atoms with Gasteiger partial charge in [-0.15, -0.1) is 0 Å². The number of nitrogens with one attached hydrogen (secondary N) is 2. The number of anilines is 2. The van der Waals surface area contributed by atoms with Gasteiger partial charge < -0.3 is 16.4 Å². The molecule has 0 bridgehead atoms. The molecular formula is C29H32N4O2. The molecule has 6 heteroatoms. The molecule has 0 aliphatic carbocycles. The summed E-state index contributed by atoms with van der Waals surface area (Å²) < 4.78 is 0. The number of carbonyl (C=O) groups is 2. The molecule has 0 unspecified atom stereocenters. The first-order chi connectivity index (χ1) is 17.1. The van der Waals surface area contributed by atoms with Crippen molar-refractivity contribution in [3.63, 3.8) is 0 Å². The Kier molecular flexibility index (Phi) is 8.30. The molecule has 1 heterocycles. The van der Waals surface area contributed by atoms with Crippen molar-refractivity contribution in [1.82, 2.24) is 10.2 Å². The highest BCUT2D eigenvalue weighted by atomic mass is 16.2. The Hall–Kier alpha value is -3.90. The smallest absolute Gasteiger partial charge is 0.251 e. The highest BCUT2D eigenvalue weighted by Crippen LogP contribution is 2.19. The first-order valence-corrected chi connectivity index (χ1v) is 12.0. The Labute approximate surface area is 206 Å². The second kappa shape index (κ2) is 12.0. The van der Waals surface area contributed by atoms with Crippen molar-refractivity contribution in [2.45, 2.75) is 19.4 Å². The molecular weight excluding hydrogens is 436 g/mol. The Balaban J connectivity index is 1.23. The lowest BCUT2D eigenvalue weighted by Crippen LogP contribution is -2.38. The number of para-hydroxylation sites is 2. The van der Waals surface area contributed by atoms with Crippen LogP contribution in [0.5, 0.6) is 0 Å². The number of hydrogen-bond donors (Lipinski definition) is 3. The van der Waals surface area contributed by atoms with Crippen molar-refractivity contribution in [1.29, 1.82) is 0 Å². The average Bonchev–Trinajstić information content (AvgIpc) is 2.89. The highest BCUT2D eigenvalue weighted by molar-refractivity contribution is 6.03. The predicted molar refractivity (Wildman–Crippen MR) is 142 cm³/mol. The van der Waals surface area contributed by atoms with E-state index in [1.165, 1.54) is 11.6 Å². The van der Waals surface area contributed by atoms with Gasteiger partial charge in [0.05, 0.1) is 11.4 Å². The summed E-state index contributed by atoms with van der Waals surface area (Å²) in [5.41, 5.74) is 9.65. The van der Waals surface area contributed by atoms with Crippen LogP contribution in [0.2, 0.25) is 0 Å². The van der Waals surface area contributed by atoms with E-state index < -0.39 is 0 Å². The lowest BCUT2D eigenvalue weighted by atomic mass is 9.96. The van der Waals surface area contributed by atoms with Gasteiger partial charge in [-0.2, -0.15) is 0 Å². The summed E-state index contributed by atoms with van der Waals surface area (Å²) in [5.74, 6) is 0.119. The molecule has 180 valence electrons. The summed E-state index contributed by atoms with van der Waals surface area (Å²) in [6.07, 6.45) is 5.29. The maximum absolute atomic E-state index is 12.7. The van der Waals surface area contributed by atoms with Crippen LogP contribution in [0.3, 0.4) is 0 Å². The Bertz CT molecular complexity index is 1170. The van der Waals surface area contributed by atoms with Gasteiger partial charge in [0.15, 0.2) is 0 Å². The molecule has 1 aliphatic rings. The summed E-state index contributed by atoms with van der Waals surface area (Å²) in [6, 6.07) is 24.9. The number of nitrogens with zero attached hydrogens (tertiary/aromatic N) is 1. The molecule has 4 rings (SSSR count). The first kappa shape index (κ1) is 24.2. The molecule has 0 radical (unpaired) electrons. The van der Waals surface area contributed by atoms with Crippen molar-refractivity contribution in [3.05, 3.63) is 102 Å². The molecule has 35 heavy (non-hydrogen) atoms. The highest BCUT2D eigenvalue weighted by Gasteiger charge is 2.20. The van der Waals surface area contributed by atoms with Gasteiger partial charge in [0.1, 0.15) is 0 Å². The number of nitrogen functional groups attached to an aromatic ring is 1. The summed E-state index contributed by atoms with van der Waals surface area (Å²) in [6.45, 7) is 3.76. The number of carbonyl (C=O) groups excluding carboxylic acids is 2. The third-order valence-electron chi connectivity index (χ3n) is 6.30. The molecule has 0 spiro atoms. The molecule has 3 aromatic carbocycles. The fraction of sp³-hybridized carbons (Fsp3) is 0.241. The van der Waals surface area contributed by atoms with Crippen molar-refractivity contribution in [2.75, 3.05) is 30.7 Å². The van der Waals surface area contributed by atoms with Gasteiger partial charge in [0.25, 0.3) is 5.91 Å². The number of hydrogen-bond acceptors (Lipinski definition) is 4. The van der Waals surface area contributed by atoms with Crippen molar-refractivity contribution in [3.8, 4) is 0 Å². The average molecular weight is 469 g/mol. The number of amides is 2. The molecule has 0 aromatic heterocycles. The van der Waals surface area contributed by atoms with Crippen LogP contribution >= 0.6 is 0 Å². The molecule has 0 atom stereocenters. The zero-order valence-electron chi connectivity index (χ0n) is 19.8. The van der Waals surface area contributed by atoms with Gasteiger partial charge in [-0.05, 0) is 73.3 Å². The predicted octanol–water partition coefficient (Wildman–Crippen LogP) is 4.56.